The quantitative estimate of drug-likeness (QED) is 0.769. The maximum atomic E-state index is 12.5. The molecule has 0 saturated heterocycles. The molecule has 2 aromatic carbocycles. The summed E-state index contributed by atoms with van der Waals surface area (Å²) in [5.74, 6) is 0.278. The van der Waals surface area contributed by atoms with Gasteiger partial charge in [0.1, 0.15) is 23.4 Å². The van der Waals surface area contributed by atoms with E-state index in [1.807, 2.05) is 6.07 Å². The number of carbonyl (C=O) groups excluding carboxylic acids is 1. The molecule has 2 aliphatic heterocycles. The number of alkyl halides is 3. The van der Waals surface area contributed by atoms with E-state index in [-0.39, 0.29) is 17.7 Å². The summed E-state index contributed by atoms with van der Waals surface area (Å²) in [6, 6.07) is 9.06. The van der Waals surface area contributed by atoms with Gasteiger partial charge in [0, 0.05) is 23.4 Å². The number of amides is 1. The van der Waals surface area contributed by atoms with Crippen molar-refractivity contribution < 1.29 is 32.2 Å². The molecule has 10 heteroatoms. The minimum atomic E-state index is -4.79. The molecule has 2 heterocycles. The maximum absolute atomic E-state index is 12.5. The van der Waals surface area contributed by atoms with E-state index in [0.29, 0.717) is 30.0 Å². The number of ether oxygens (including phenoxy) is 3. The van der Waals surface area contributed by atoms with Crippen LogP contribution < -0.4 is 19.5 Å². The number of nitrogens with one attached hydrogen (secondary N) is 1. The Balaban J connectivity index is 1.58. The molecular formula is C21H18F3N3O4. The highest BCUT2D eigenvalue weighted by atomic mass is 19.4. The normalized spacial score (nSPS) is 17.6. The third-order valence-corrected chi connectivity index (χ3v) is 4.72. The van der Waals surface area contributed by atoms with Crippen molar-refractivity contribution in [1.29, 1.82) is 0 Å². The number of hydrogen-bond acceptors (Lipinski definition) is 6. The fourth-order valence-electron chi connectivity index (χ4n) is 3.36. The molecule has 0 saturated carbocycles. The lowest BCUT2D eigenvalue weighted by Crippen LogP contribution is -2.44. The van der Waals surface area contributed by atoms with Gasteiger partial charge in [0.25, 0.3) is 0 Å². The largest absolute Gasteiger partial charge is 0.573 e. The predicted molar refractivity (Wildman–Crippen MR) is 106 cm³/mol. The number of aliphatic imine (C=N–C) groups is 1. The van der Waals surface area contributed by atoms with Gasteiger partial charge in [-0.1, -0.05) is 6.07 Å². The van der Waals surface area contributed by atoms with Crippen molar-refractivity contribution >= 4 is 12.3 Å². The van der Waals surface area contributed by atoms with E-state index < -0.39 is 12.5 Å². The van der Waals surface area contributed by atoms with Crippen LogP contribution >= 0.6 is 0 Å². The maximum Gasteiger partial charge on any atom is 0.573 e. The van der Waals surface area contributed by atoms with Crippen molar-refractivity contribution in [2.45, 2.75) is 19.1 Å². The van der Waals surface area contributed by atoms with E-state index in [1.54, 1.807) is 30.6 Å². The molecule has 2 aliphatic rings. The highest BCUT2D eigenvalue weighted by Crippen LogP contribution is 2.38. The van der Waals surface area contributed by atoms with Crippen LogP contribution in [0.25, 0.3) is 11.1 Å². The van der Waals surface area contributed by atoms with Gasteiger partial charge in [0.05, 0.1) is 20.2 Å². The highest BCUT2D eigenvalue weighted by Gasteiger charge is 2.31. The fourth-order valence-corrected chi connectivity index (χ4v) is 3.36. The standard InChI is InChI=1S/C21H18F3N3O4/c1-29-18-10-15(31-21(22,23)24)4-5-16(18)13-3-6-17-14(9-13)11-27(20(28)30-17)12-19-25-7-2-8-26-19/h2-10,19,25H,11-12H2,1H3. The van der Waals surface area contributed by atoms with E-state index in [1.165, 1.54) is 30.2 Å². The lowest BCUT2D eigenvalue weighted by molar-refractivity contribution is -0.274. The smallest absolute Gasteiger partial charge is 0.496 e. The molecule has 4 rings (SSSR count). The average Bonchev–Trinajstić information content (AvgIpc) is 2.73. The van der Waals surface area contributed by atoms with Crippen molar-refractivity contribution in [2.75, 3.05) is 13.7 Å². The summed E-state index contributed by atoms with van der Waals surface area (Å²) < 4.78 is 52.1. The SMILES string of the molecule is COc1cc(OC(F)(F)F)ccc1-c1ccc2c(c1)CN(CC1N=CC=CN1)C(=O)O2. The first kappa shape index (κ1) is 20.6. The summed E-state index contributed by atoms with van der Waals surface area (Å²) >= 11 is 0. The molecule has 0 aromatic heterocycles. The molecular weight excluding hydrogens is 415 g/mol. The molecule has 1 N–H and O–H groups in total. The van der Waals surface area contributed by atoms with Gasteiger partial charge in [-0.3, -0.25) is 9.89 Å². The van der Waals surface area contributed by atoms with Crippen LogP contribution in [-0.4, -0.2) is 43.4 Å². The van der Waals surface area contributed by atoms with Crippen LogP contribution in [0.4, 0.5) is 18.0 Å². The molecule has 162 valence electrons. The lowest BCUT2D eigenvalue weighted by Gasteiger charge is -2.30. The Hall–Kier alpha value is -3.69. The van der Waals surface area contributed by atoms with Crippen LogP contribution in [-0.2, 0) is 6.54 Å². The number of nitrogens with zero attached hydrogens (tertiary/aromatic N) is 2. The summed E-state index contributed by atoms with van der Waals surface area (Å²) in [6.45, 7) is 0.618. The van der Waals surface area contributed by atoms with E-state index in [2.05, 4.69) is 15.0 Å². The predicted octanol–water partition coefficient (Wildman–Crippen LogP) is 4.09. The first-order chi connectivity index (χ1) is 14.8. The minimum Gasteiger partial charge on any atom is -0.496 e. The number of methoxy groups -OCH3 is 1. The van der Waals surface area contributed by atoms with E-state index >= 15 is 0 Å². The second-order valence-corrected chi connectivity index (χ2v) is 6.82. The second-order valence-electron chi connectivity index (χ2n) is 6.82. The highest BCUT2D eigenvalue weighted by molar-refractivity contribution is 5.77. The molecule has 0 bridgehead atoms. The topological polar surface area (TPSA) is 72.4 Å². The monoisotopic (exact) mass is 433 g/mol. The fraction of sp³-hybridized carbons (Fsp3) is 0.238. The average molecular weight is 433 g/mol. The van der Waals surface area contributed by atoms with Crippen LogP contribution in [0.2, 0.25) is 0 Å². The van der Waals surface area contributed by atoms with E-state index in [4.69, 9.17) is 9.47 Å². The zero-order valence-electron chi connectivity index (χ0n) is 16.3. The number of allylic oxidation sites excluding steroid dienone is 1. The first-order valence-electron chi connectivity index (χ1n) is 9.30. The summed E-state index contributed by atoms with van der Waals surface area (Å²) in [5.41, 5.74) is 2.03. The molecule has 0 aliphatic carbocycles. The number of benzene rings is 2. The van der Waals surface area contributed by atoms with Gasteiger partial charge in [-0.05, 0) is 42.1 Å². The first-order valence-corrected chi connectivity index (χ1v) is 9.30. The van der Waals surface area contributed by atoms with Gasteiger partial charge in [0.2, 0.25) is 0 Å². The zero-order valence-corrected chi connectivity index (χ0v) is 16.3. The number of carbonyl (C=O) groups is 1. The van der Waals surface area contributed by atoms with Crippen LogP contribution in [0.1, 0.15) is 5.56 Å². The Morgan fingerprint density at radius 2 is 2.10 bits per heavy atom. The Bertz CT molecular complexity index is 1050. The Morgan fingerprint density at radius 3 is 2.81 bits per heavy atom. The molecule has 1 unspecified atom stereocenters. The molecule has 1 atom stereocenters. The third-order valence-electron chi connectivity index (χ3n) is 4.72. The van der Waals surface area contributed by atoms with Crippen LogP contribution in [0.3, 0.4) is 0 Å². The van der Waals surface area contributed by atoms with Gasteiger partial charge < -0.3 is 19.5 Å². The summed E-state index contributed by atoms with van der Waals surface area (Å²) in [7, 11) is 1.37. The second kappa shape index (κ2) is 8.21. The number of halogens is 3. The van der Waals surface area contributed by atoms with Crippen molar-refractivity contribution in [1.82, 2.24) is 10.2 Å². The molecule has 0 spiro atoms. The minimum absolute atomic E-state index is 0.221. The summed E-state index contributed by atoms with van der Waals surface area (Å²) in [5, 5.41) is 3.05. The van der Waals surface area contributed by atoms with Crippen LogP contribution in [0.15, 0.2) is 53.7 Å². The summed E-state index contributed by atoms with van der Waals surface area (Å²) in [6.07, 6.45) is -0.385. The van der Waals surface area contributed by atoms with Gasteiger partial charge in [-0.25, -0.2) is 4.79 Å². The number of fused-ring (bicyclic) bond motifs is 1. The van der Waals surface area contributed by atoms with E-state index in [0.717, 1.165) is 5.56 Å². The number of hydrogen-bond donors (Lipinski definition) is 1. The molecule has 2 aromatic rings. The van der Waals surface area contributed by atoms with Gasteiger partial charge in [0.15, 0.2) is 0 Å². The molecule has 7 nitrogen and oxygen atoms in total. The van der Waals surface area contributed by atoms with Gasteiger partial charge in [-0.2, -0.15) is 0 Å². The van der Waals surface area contributed by atoms with Crippen molar-refractivity contribution in [3.63, 3.8) is 0 Å². The lowest BCUT2D eigenvalue weighted by atomic mass is 10.0. The van der Waals surface area contributed by atoms with Crippen molar-refractivity contribution in [3.05, 3.63) is 54.2 Å². The van der Waals surface area contributed by atoms with Crippen molar-refractivity contribution in [2.24, 2.45) is 4.99 Å². The van der Waals surface area contributed by atoms with Gasteiger partial charge in [-0.15, -0.1) is 13.2 Å². The van der Waals surface area contributed by atoms with Crippen molar-refractivity contribution in [3.8, 4) is 28.4 Å². The molecule has 0 fully saturated rings. The van der Waals surface area contributed by atoms with E-state index in [9.17, 15) is 18.0 Å². The third kappa shape index (κ3) is 4.73. The molecule has 0 radical (unpaired) electrons. The number of rotatable bonds is 5. The summed E-state index contributed by atoms with van der Waals surface area (Å²) in [4.78, 5) is 18.1. The Kier molecular flexibility index (Phi) is 5.45. The Morgan fingerprint density at radius 1 is 1.26 bits per heavy atom. The van der Waals surface area contributed by atoms with Crippen LogP contribution in [0, 0.1) is 0 Å². The molecule has 1 amide bonds. The van der Waals surface area contributed by atoms with Gasteiger partial charge >= 0.3 is 12.5 Å². The zero-order chi connectivity index (χ0) is 22.0. The molecule has 31 heavy (non-hydrogen) atoms. The Labute approximate surface area is 175 Å². The van der Waals surface area contributed by atoms with Crippen LogP contribution in [0.5, 0.6) is 17.2 Å².